The van der Waals surface area contributed by atoms with Crippen LogP contribution in [0.25, 0.3) is 0 Å². The number of aliphatic carboxylic acids is 1. The number of rotatable bonds is 5. The van der Waals surface area contributed by atoms with E-state index >= 15 is 0 Å². The lowest BCUT2D eigenvalue weighted by molar-refractivity contribution is -0.139. The van der Waals surface area contributed by atoms with Gasteiger partial charge in [0.05, 0.1) is 10.7 Å². The largest absolute Gasteiger partial charge is 0.480 e. The van der Waals surface area contributed by atoms with Gasteiger partial charge in [0.1, 0.15) is 5.75 Å². The zero-order valence-electron chi connectivity index (χ0n) is 10.8. The van der Waals surface area contributed by atoms with Crippen LogP contribution >= 0.6 is 27.5 Å². The summed E-state index contributed by atoms with van der Waals surface area (Å²) < 4.78 is 6.04. The predicted molar refractivity (Wildman–Crippen MR) is 86.0 cm³/mol. The van der Waals surface area contributed by atoms with Crippen LogP contribution in [0.3, 0.4) is 0 Å². The summed E-state index contributed by atoms with van der Waals surface area (Å²) >= 11 is 9.39. The Balaban J connectivity index is 2.09. The molecule has 0 spiro atoms. The molecule has 0 aromatic heterocycles. The van der Waals surface area contributed by atoms with Gasteiger partial charge in [-0.1, -0.05) is 27.5 Å². The standard InChI is InChI=1S/C15H11BrClNO3/c16-11-2-4-12(5-3-11)18-8-10-1-6-14(13(17)7-10)21-9-15(19)20/h1-8H,9H2,(H,19,20). The second-order valence-corrected chi connectivity index (χ2v) is 5.43. The van der Waals surface area contributed by atoms with E-state index in [4.69, 9.17) is 21.4 Å². The summed E-state index contributed by atoms with van der Waals surface area (Å²) in [5, 5.41) is 8.90. The molecule has 4 nitrogen and oxygen atoms in total. The van der Waals surface area contributed by atoms with E-state index in [1.54, 1.807) is 24.4 Å². The maximum Gasteiger partial charge on any atom is 0.341 e. The van der Waals surface area contributed by atoms with Crippen molar-refractivity contribution in [2.75, 3.05) is 6.61 Å². The van der Waals surface area contributed by atoms with Crippen molar-refractivity contribution < 1.29 is 14.6 Å². The second kappa shape index (κ2) is 7.24. The van der Waals surface area contributed by atoms with E-state index in [2.05, 4.69) is 20.9 Å². The Bertz CT molecular complexity index is 671. The minimum atomic E-state index is -1.05. The Morgan fingerprint density at radius 1 is 1.29 bits per heavy atom. The molecular weight excluding hydrogens is 358 g/mol. The van der Waals surface area contributed by atoms with Crippen LogP contribution in [0.5, 0.6) is 5.75 Å². The molecule has 2 rings (SSSR count). The van der Waals surface area contributed by atoms with E-state index in [0.29, 0.717) is 10.8 Å². The number of carbonyl (C=O) groups is 1. The van der Waals surface area contributed by atoms with Crippen LogP contribution in [-0.2, 0) is 4.79 Å². The number of carboxylic acid groups (broad SMARTS) is 1. The quantitative estimate of drug-likeness (QED) is 0.800. The third-order valence-corrected chi connectivity index (χ3v) is 3.32. The Kier molecular flexibility index (Phi) is 5.36. The Labute approximate surface area is 135 Å². The molecule has 2 aromatic rings. The highest BCUT2D eigenvalue weighted by atomic mass is 79.9. The Morgan fingerprint density at radius 2 is 2.00 bits per heavy atom. The fourth-order valence-electron chi connectivity index (χ4n) is 1.53. The fraction of sp³-hybridized carbons (Fsp3) is 0.0667. The molecule has 0 atom stereocenters. The lowest BCUT2D eigenvalue weighted by Gasteiger charge is -2.05. The van der Waals surface area contributed by atoms with Crippen LogP contribution in [0.4, 0.5) is 5.69 Å². The van der Waals surface area contributed by atoms with Crippen LogP contribution in [0.15, 0.2) is 51.9 Å². The number of hydrogen-bond acceptors (Lipinski definition) is 3. The summed E-state index contributed by atoms with van der Waals surface area (Å²) in [6, 6.07) is 12.6. The van der Waals surface area contributed by atoms with E-state index in [1.165, 1.54) is 0 Å². The maximum atomic E-state index is 10.4. The number of aliphatic imine (C=N–C) groups is 1. The zero-order valence-corrected chi connectivity index (χ0v) is 13.1. The molecule has 0 radical (unpaired) electrons. The average molecular weight is 369 g/mol. The molecule has 6 heteroatoms. The molecule has 0 aliphatic carbocycles. The van der Waals surface area contributed by atoms with Gasteiger partial charge in [0.25, 0.3) is 0 Å². The number of ether oxygens (including phenoxy) is 1. The highest BCUT2D eigenvalue weighted by Crippen LogP contribution is 2.25. The van der Waals surface area contributed by atoms with Gasteiger partial charge in [-0.25, -0.2) is 4.79 Å². The Hall–Kier alpha value is -1.85. The predicted octanol–water partition coefficient (Wildman–Crippen LogP) is 4.32. The minimum absolute atomic E-state index is 0.333. The monoisotopic (exact) mass is 367 g/mol. The van der Waals surface area contributed by atoms with Crippen LogP contribution in [0.1, 0.15) is 5.56 Å². The van der Waals surface area contributed by atoms with Crippen molar-refractivity contribution in [3.05, 3.63) is 57.5 Å². The smallest absolute Gasteiger partial charge is 0.341 e. The summed E-state index contributed by atoms with van der Waals surface area (Å²) in [7, 11) is 0. The van der Waals surface area contributed by atoms with Gasteiger partial charge in [-0.05, 0) is 48.0 Å². The highest BCUT2D eigenvalue weighted by Gasteiger charge is 2.04. The number of carboxylic acids is 1. The van der Waals surface area contributed by atoms with E-state index in [1.807, 2.05) is 24.3 Å². The molecule has 0 amide bonds. The van der Waals surface area contributed by atoms with Gasteiger partial charge >= 0.3 is 5.97 Å². The first-order valence-electron chi connectivity index (χ1n) is 5.98. The summed E-state index contributed by atoms with van der Waals surface area (Å²) in [5.74, 6) is -0.716. The number of nitrogens with zero attached hydrogens (tertiary/aromatic N) is 1. The van der Waals surface area contributed by atoms with E-state index in [9.17, 15) is 4.79 Å². The molecule has 0 saturated heterocycles. The average Bonchev–Trinajstić information content (AvgIpc) is 2.45. The zero-order chi connectivity index (χ0) is 15.2. The third-order valence-electron chi connectivity index (χ3n) is 2.50. The number of benzene rings is 2. The van der Waals surface area contributed by atoms with Crippen molar-refractivity contribution in [1.29, 1.82) is 0 Å². The van der Waals surface area contributed by atoms with E-state index in [0.717, 1.165) is 15.7 Å². The van der Waals surface area contributed by atoms with Crippen LogP contribution in [-0.4, -0.2) is 23.9 Å². The van der Waals surface area contributed by atoms with E-state index < -0.39 is 12.6 Å². The first-order valence-corrected chi connectivity index (χ1v) is 7.15. The summed E-state index contributed by atoms with van der Waals surface area (Å²) in [5.41, 5.74) is 1.62. The van der Waals surface area contributed by atoms with Crippen molar-refractivity contribution in [2.24, 2.45) is 4.99 Å². The van der Waals surface area contributed by atoms with Gasteiger partial charge < -0.3 is 9.84 Å². The lowest BCUT2D eigenvalue weighted by atomic mass is 10.2. The van der Waals surface area contributed by atoms with Gasteiger partial charge in [0.2, 0.25) is 0 Å². The van der Waals surface area contributed by atoms with Crippen molar-refractivity contribution in [2.45, 2.75) is 0 Å². The molecule has 2 aromatic carbocycles. The first-order chi connectivity index (χ1) is 10.0. The lowest BCUT2D eigenvalue weighted by Crippen LogP contribution is -2.09. The molecular formula is C15H11BrClNO3. The maximum absolute atomic E-state index is 10.4. The topological polar surface area (TPSA) is 58.9 Å². The molecule has 0 heterocycles. The minimum Gasteiger partial charge on any atom is -0.480 e. The van der Waals surface area contributed by atoms with Crippen LogP contribution in [0, 0.1) is 0 Å². The molecule has 0 aliphatic rings. The van der Waals surface area contributed by atoms with Gasteiger partial charge in [-0.2, -0.15) is 0 Å². The molecule has 0 unspecified atom stereocenters. The van der Waals surface area contributed by atoms with Gasteiger partial charge in [-0.3, -0.25) is 4.99 Å². The molecule has 108 valence electrons. The second-order valence-electron chi connectivity index (χ2n) is 4.11. The summed E-state index contributed by atoms with van der Waals surface area (Å²) in [6.07, 6.45) is 1.68. The van der Waals surface area contributed by atoms with Crippen molar-refractivity contribution in [3.63, 3.8) is 0 Å². The SMILES string of the molecule is O=C(O)COc1ccc(C=Nc2ccc(Br)cc2)cc1Cl. The van der Waals surface area contributed by atoms with Gasteiger partial charge in [0.15, 0.2) is 6.61 Å². The van der Waals surface area contributed by atoms with Crippen LogP contribution in [0.2, 0.25) is 5.02 Å². The molecule has 0 fully saturated rings. The number of halogens is 2. The van der Waals surface area contributed by atoms with Crippen molar-refractivity contribution >= 4 is 45.4 Å². The van der Waals surface area contributed by atoms with Gasteiger partial charge in [-0.15, -0.1) is 0 Å². The molecule has 21 heavy (non-hydrogen) atoms. The fourth-order valence-corrected chi connectivity index (χ4v) is 2.04. The summed E-state index contributed by atoms with van der Waals surface area (Å²) in [4.78, 5) is 14.8. The molecule has 0 bridgehead atoms. The van der Waals surface area contributed by atoms with Gasteiger partial charge in [0, 0.05) is 10.7 Å². The van der Waals surface area contributed by atoms with Crippen LogP contribution < -0.4 is 4.74 Å². The third kappa shape index (κ3) is 4.88. The highest BCUT2D eigenvalue weighted by molar-refractivity contribution is 9.10. The van der Waals surface area contributed by atoms with Crippen molar-refractivity contribution in [1.82, 2.24) is 0 Å². The Morgan fingerprint density at radius 3 is 2.62 bits per heavy atom. The molecule has 1 N–H and O–H groups in total. The van der Waals surface area contributed by atoms with Crippen molar-refractivity contribution in [3.8, 4) is 5.75 Å². The summed E-state index contributed by atoms with van der Waals surface area (Å²) in [6.45, 7) is -0.425. The first kappa shape index (κ1) is 15.5. The normalized spacial score (nSPS) is 10.8. The van der Waals surface area contributed by atoms with E-state index in [-0.39, 0.29) is 0 Å². The molecule has 0 aliphatic heterocycles. The molecule has 0 saturated carbocycles. The number of hydrogen-bond donors (Lipinski definition) is 1.